The highest BCUT2D eigenvalue weighted by Crippen LogP contribution is 2.65. The maximum Gasteiger partial charge on any atom is 0.115 e. The van der Waals surface area contributed by atoms with Crippen LogP contribution in [0.3, 0.4) is 0 Å². The Bertz CT molecular complexity index is 655. The molecular weight excluding hydrogens is 331 g/mol. The smallest absolute Gasteiger partial charge is 0.115 e. The maximum atomic E-state index is 2.35. The highest BCUT2D eigenvalue weighted by atomic mass is 35.5. The summed E-state index contributed by atoms with van der Waals surface area (Å²) in [5.74, 6) is 0. The summed E-state index contributed by atoms with van der Waals surface area (Å²) < 4.78 is 0. The first-order chi connectivity index (χ1) is 11.4. The van der Waals surface area contributed by atoms with Crippen LogP contribution in [0.4, 0.5) is 0 Å². The fraction of sp³-hybridized carbons (Fsp3) is 0.182. The van der Waals surface area contributed by atoms with Crippen LogP contribution in [0.25, 0.3) is 0 Å². The molecule has 0 saturated heterocycles. The van der Waals surface area contributed by atoms with Crippen LogP contribution in [0.15, 0.2) is 91.0 Å². The molecule has 0 bridgehead atoms. The Kier molecular flexibility index (Phi) is 5.39. The van der Waals surface area contributed by atoms with Gasteiger partial charge in [-0.3, -0.25) is 0 Å². The highest BCUT2D eigenvalue weighted by molar-refractivity contribution is 7.96. The van der Waals surface area contributed by atoms with Crippen molar-refractivity contribution >= 4 is 23.2 Å². The van der Waals surface area contributed by atoms with Crippen LogP contribution in [0.1, 0.15) is 19.3 Å². The minimum atomic E-state index is -1.56. The largest absolute Gasteiger partial charge is 1.00 e. The van der Waals surface area contributed by atoms with E-state index in [1.807, 2.05) is 0 Å². The quantitative estimate of drug-likeness (QED) is 0.625. The van der Waals surface area contributed by atoms with Crippen LogP contribution < -0.4 is 28.3 Å². The molecule has 0 amide bonds. The second kappa shape index (κ2) is 7.51. The topological polar surface area (TPSA) is 0 Å². The molecule has 0 heterocycles. The number of halogens is 1. The molecule has 0 spiro atoms. The Labute approximate surface area is 151 Å². The molecule has 0 nitrogen and oxygen atoms in total. The maximum absolute atomic E-state index is 2.35. The van der Waals surface area contributed by atoms with Crippen molar-refractivity contribution < 1.29 is 12.4 Å². The molecule has 4 rings (SSSR count). The predicted molar refractivity (Wildman–Crippen MR) is 103 cm³/mol. The van der Waals surface area contributed by atoms with Gasteiger partial charge in [0.15, 0.2) is 0 Å². The van der Waals surface area contributed by atoms with Crippen LogP contribution in [0.5, 0.6) is 0 Å². The van der Waals surface area contributed by atoms with Crippen LogP contribution in [0, 0.1) is 0 Å². The van der Waals surface area contributed by atoms with E-state index in [2.05, 4.69) is 91.0 Å². The first kappa shape index (κ1) is 17.2. The molecule has 0 N–H and O–H groups in total. The summed E-state index contributed by atoms with van der Waals surface area (Å²) in [6, 6.07) is 33.7. The lowest BCUT2D eigenvalue weighted by Crippen LogP contribution is -3.00. The lowest BCUT2D eigenvalue weighted by molar-refractivity contribution is -0.00000443. The molecule has 3 aromatic carbocycles. The first-order valence-electron chi connectivity index (χ1n) is 8.48. The highest BCUT2D eigenvalue weighted by Gasteiger charge is 2.54. The summed E-state index contributed by atoms with van der Waals surface area (Å²) in [6.45, 7) is 0. The van der Waals surface area contributed by atoms with Gasteiger partial charge in [-0.05, 0) is 55.7 Å². The third kappa shape index (κ3) is 2.79. The van der Waals surface area contributed by atoms with Crippen molar-refractivity contribution in [1.29, 1.82) is 0 Å². The third-order valence-corrected chi connectivity index (χ3v) is 10.1. The van der Waals surface area contributed by atoms with Crippen molar-refractivity contribution in [3.63, 3.8) is 0 Å². The SMILES string of the molecule is [Cl-].c1ccc([P+](c2ccccc2)(c2ccccc2)C2CCC2)cc1. The molecule has 1 fully saturated rings. The molecule has 0 atom stereocenters. The van der Waals surface area contributed by atoms with Crippen molar-refractivity contribution in [2.45, 2.75) is 24.9 Å². The van der Waals surface area contributed by atoms with Crippen LogP contribution >= 0.6 is 7.26 Å². The molecule has 1 saturated carbocycles. The van der Waals surface area contributed by atoms with E-state index in [1.54, 1.807) is 0 Å². The molecule has 24 heavy (non-hydrogen) atoms. The average Bonchev–Trinajstić information content (AvgIpc) is 2.60. The van der Waals surface area contributed by atoms with Crippen molar-refractivity contribution in [3.8, 4) is 0 Å². The summed E-state index contributed by atoms with van der Waals surface area (Å²) in [4.78, 5) is 0. The zero-order valence-corrected chi connectivity index (χ0v) is 15.3. The first-order valence-corrected chi connectivity index (χ1v) is 10.3. The molecule has 0 aliphatic heterocycles. The van der Waals surface area contributed by atoms with Gasteiger partial charge in [-0.15, -0.1) is 0 Å². The number of benzene rings is 3. The van der Waals surface area contributed by atoms with Crippen molar-refractivity contribution in [1.82, 2.24) is 0 Å². The van der Waals surface area contributed by atoms with Crippen LogP contribution in [0.2, 0.25) is 0 Å². The van der Waals surface area contributed by atoms with Gasteiger partial charge in [0.1, 0.15) is 23.2 Å². The molecular formula is C22H22ClP. The predicted octanol–water partition coefficient (Wildman–Crippen LogP) is 1.54. The Morgan fingerprint density at radius 1 is 0.542 bits per heavy atom. The van der Waals surface area contributed by atoms with E-state index in [-0.39, 0.29) is 12.4 Å². The van der Waals surface area contributed by atoms with E-state index >= 15 is 0 Å². The molecule has 0 aromatic heterocycles. The van der Waals surface area contributed by atoms with Gasteiger partial charge < -0.3 is 12.4 Å². The Morgan fingerprint density at radius 3 is 1.12 bits per heavy atom. The van der Waals surface area contributed by atoms with E-state index < -0.39 is 7.26 Å². The van der Waals surface area contributed by atoms with E-state index in [4.69, 9.17) is 0 Å². The van der Waals surface area contributed by atoms with Gasteiger partial charge in [-0.2, -0.15) is 0 Å². The normalized spacial score (nSPS) is 14.5. The van der Waals surface area contributed by atoms with Crippen LogP contribution in [-0.2, 0) is 0 Å². The lowest BCUT2D eigenvalue weighted by atomic mass is 10.00. The number of hydrogen-bond acceptors (Lipinski definition) is 0. The number of hydrogen-bond donors (Lipinski definition) is 0. The molecule has 0 radical (unpaired) electrons. The molecule has 1 aliphatic rings. The van der Waals surface area contributed by atoms with Gasteiger partial charge in [0, 0.05) is 0 Å². The van der Waals surface area contributed by atoms with Gasteiger partial charge in [0.2, 0.25) is 0 Å². The minimum absolute atomic E-state index is 0. The molecule has 1 aliphatic carbocycles. The average molecular weight is 353 g/mol. The summed E-state index contributed by atoms with van der Waals surface area (Å²) in [5.41, 5.74) is 0.787. The fourth-order valence-electron chi connectivity index (χ4n) is 3.84. The Balaban J connectivity index is 0.00000169. The Morgan fingerprint density at radius 2 is 0.875 bits per heavy atom. The molecule has 0 unspecified atom stereocenters. The summed E-state index contributed by atoms with van der Waals surface area (Å²) in [6.07, 6.45) is 4.08. The monoisotopic (exact) mass is 352 g/mol. The number of rotatable bonds is 4. The van der Waals surface area contributed by atoms with Crippen LogP contribution in [-0.4, -0.2) is 5.66 Å². The Hall–Kier alpha value is -1.62. The molecule has 2 heteroatoms. The van der Waals surface area contributed by atoms with E-state index in [0.717, 1.165) is 5.66 Å². The lowest BCUT2D eigenvalue weighted by Gasteiger charge is -2.39. The van der Waals surface area contributed by atoms with Gasteiger partial charge in [0.05, 0.1) is 5.66 Å². The standard InChI is InChI=1S/C22H22P.ClH/c1-4-11-19(12-5-1)23(22-17-10-18-22,20-13-6-2-7-14-20)21-15-8-3-9-16-21;/h1-9,11-16,22H,10,17-18H2;1H/q+1;/p-1. The van der Waals surface area contributed by atoms with Gasteiger partial charge >= 0.3 is 0 Å². The summed E-state index contributed by atoms with van der Waals surface area (Å²) >= 11 is 0. The van der Waals surface area contributed by atoms with Crippen molar-refractivity contribution in [3.05, 3.63) is 91.0 Å². The van der Waals surface area contributed by atoms with Gasteiger partial charge in [-0.1, -0.05) is 54.6 Å². The summed E-state index contributed by atoms with van der Waals surface area (Å²) in [5, 5.41) is 4.59. The van der Waals surface area contributed by atoms with E-state index in [0.29, 0.717) is 0 Å². The zero-order valence-electron chi connectivity index (χ0n) is 13.7. The second-order valence-corrected chi connectivity index (χ2v) is 10.0. The van der Waals surface area contributed by atoms with Gasteiger partial charge in [0.25, 0.3) is 0 Å². The van der Waals surface area contributed by atoms with E-state index in [9.17, 15) is 0 Å². The van der Waals surface area contributed by atoms with Crippen molar-refractivity contribution in [2.75, 3.05) is 0 Å². The van der Waals surface area contributed by atoms with E-state index in [1.165, 1.54) is 35.2 Å². The fourth-order valence-corrected chi connectivity index (χ4v) is 9.07. The minimum Gasteiger partial charge on any atom is -1.00 e. The molecule has 3 aromatic rings. The third-order valence-electron chi connectivity index (χ3n) is 5.11. The van der Waals surface area contributed by atoms with Gasteiger partial charge in [-0.25, -0.2) is 0 Å². The molecule has 122 valence electrons. The summed E-state index contributed by atoms with van der Waals surface area (Å²) in [7, 11) is -1.56. The second-order valence-electron chi connectivity index (χ2n) is 6.31. The zero-order chi connectivity index (χ0) is 15.5. The van der Waals surface area contributed by atoms with Crippen molar-refractivity contribution in [2.24, 2.45) is 0 Å².